The number of ether oxygens (including phenoxy) is 2. The summed E-state index contributed by atoms with van der Waals surface area (Å²) in [5.41, 5.74) is 3.61. The van der Waals surface area contributed by atoms with Gasteiger partial charge in [0, 0.05) is 20.7 Å². The zero-order valence-corrected chi connectivity index (χ0v) is 12.2. The molecule has 0 aromatic heterocycles. The Kier molecular flexibility index (Phi) is 6.53. The Bertz CT molecular complexity index is 418. The standard InChI is InChI=1S/C15H23NO3/c1-12-5-6-14(13(2)9-12)10-16(3)15(17)11-19-8-7-18-4/h5-6,9H,7-8,10-11H2,1-4H3. The summed E-state index contributed by atoms with van der Waals surface area (Å²) >= 11 is 0. The van der Waals surface area contributed by atoms with Gasteiger partial charge >= 0.3 is 0 Å². The summed E-state index contributed by atoms with van der Waals surface area (Å²) in [7, 11) is 3.40. The lowest BCUT2D eigenvalue weighted by molar-refractivity contribution is -0.135. The Balaban J connectivity index is 2.45. The lowest BCUT2D eigenvalue weighted by atomic mass is 10.1. The molecule has 0 saturated heterocycles. The maximum atomic E-state index is 11.8. The molecular formula is C15H23NO3. The van der Waals surface area contributed by atoms with Crippen LogP contribution in [-0.4, -0.2) is 44.8 Å². The first kappa shape index (κ1) is 15.7. The number of hydrogen-bond acceptors (Lipinski definition) is 3. The molecule has 4 heteroatoms. The second-order valence-corrected chi connectivity index (χ2v) is 4.73. The molecule has 1 rings (SSSR count). The Hall–Kier alpha value is -1.39. The monoisotopic (exact) mass is 265 g/mol. The molecule has 0 spiro atoms. The van der Waals surface area contributed by atoms with Crippen LogP contribution in [0.3, 0.4) is 0 Å². The number of likely N-dealkylation sites (N-methyl/N-ethyl adjacent to an activating group) is 1. The van der Waals surface area contributed by atoms with Crippen molar-refractivity contribution in [2.24, 2.45) is 0 Å². The van der Waals surface area contributed by atoms with E-state index in [0.29, 0.717) is 19.8 Å². The van der Waals surface area contributed by atoms with E-state index in [4.69, 9.17) is 9.47 Å². The van der Waals surface area contributed by atoms with Crippen molar-refractivity contribution in [3.05, 3.63) is 34.9 Å². The molecule has 0 bridgehead atoms. The van der Waals surface area contributed by atoms with Crippen LogP contribution in [0.4, 0.5) is 0 Å². The van der Waals surface area contributed by atoms with E-state index in [1.165, 1.54) is 16.7 Å². The molecule has 0 aliphatic carbocycles. The number of methoxy groups -OCH3 is 1. The number of amides is 1. The quantitative estimate of drug-likeness (QED) is 0.707. The smallest absolute Gasteiger partial charge is 0.248 e. The maximum Gasteiger partial charge on any atom is 0.248 e. The highest BCUT2D eigenvalue weighted by Gasteiger charge is 2.10. The topological polar surface area (TPSA) is 38.8 Å². The first-order valence-corrected chi connectivity index (χ1v) is 6.41. The van der Waals surface area contributed by atoms with Gasteiger partial charge in [0.15, 0.2) is 0 Å². The lowest BCUT2D eigenvalue weighted by Crippen LogP contribution is -2.30. The molecule has 0 fully saturated rings. The summed E-state index contributed by atoms with van der Waals surface area (Å²) in [5, 5.41) is 0. The van der Waals surface area contributed by atoms with Gasteiger partial charge in [0.05, 0.1) is 13.2 Å². The summed E-state index contributed by atoms with van der Waals surface area (Å²) in [5.74, 6) is -0.0175. The Morgan fingerprint density at radius 3 is 2.63 bits per heavy atom. The number of nitrogens with zero attached hydrogens (tertiary/aromatic N) is 1. The third-order valence-corrected chi connectivity index (χ3v) is 2.99. The molecule has 0 atom stereocenters. The minimum Gasteiger partial charge on any atom is -0.382 e. The van der Waals surface area contributed by atoms with Gasteiger partial charge in [-0.2, -0.15) is 0 Å². The average molecular weight is 265 g/mol. The van der Waals surface area contributed by atoms with Crippen LogP contribution in [0.25, 0.3) is 0 Å². The first-order valence-electron chi connectivity index (χ1n) is 6.41. The van der Waals surface area contributed by atoms with Crippen LogP contribution in [0.5, 0.6) is 0 Å². The fourth-order valence-electron chi connectivity index (χ4n) is 1.78. The molecule has 0 aliphatic heterocycles. The summed E-state index contributed by atoms with van der Waals surface area (Å²) in [4.78, 5) is 13.5. The number of hydrogen-bond donors (Lipinski definition) is 0. The van der Waals surface area contributed by atoms with Gasteiger partial charge < -0.3 is 14.4 Å². The van der Waals surface area contributed by atoms with E-state index in [1.807, 2.05) is 0 Å². The lowest BCUT2D eigenvalue weighted by Gasteiger charge is -2.18. The second-order valence-electron chi connectivity index (χ2n) is 4.73. The van der Waals surface area contributed by atoms with Gasteiger partial charge in [-0.1, -0.05) is 23.8 Å². The summed E-state index contributed by atoms with van der Waals surface area (Å²) in [6, 6.07) is 6.26. The van der Waals surface area contributed by atoms with E-state index >= 15 is 0 Å². The summed E-state index contributed by atoms with van der Waals surface area (Å²) in [6.45, 7) is 5.79. The van der Waals surface area contributed by atoms with Crippen molar-refractivity contribution in [2.45, 2.75) is 20.4 Å². The first-order chi connectivity index (χ1) is 9.04. The molecule has 0 radical (unpaired) electrons. The Labute approximate surface area is 115 Å². The molecule has 106 valence electrons. The molecule has 1 aromatic rings. The highest BCUT2D eigenvalue weighted by atomic mass is 16.5. The zero-order valence-electron chi connectivity index (χ0n) is 12.2. The highest BCUT2D eigenvalue weighted by Crippen LogP contribution is 2.12. The number of rotatable bonds is 7. The van der Waals surface area contributed by atoms with Crippen molar-refractivity contribution in [2.75, 3.05) is 34.0 Å². The summed E-state index contributed by atoms with van der Waals surface area (Å²) in [6.07, 6.45) is 0. The molecule has 0 unspecified atom stereocenters. The van der Waals surface area contributed by atoms with Gasteiger partial charge in [-0.15, -0.1) is 0 Å². The van der Waals surface area contributed by atoms with E-state index in [1.54, 1.807) is 19.1 Å². The van der Waals surface area contributed by atoms with E-state index in [2.05, 4.69) is 32.0 Å². The van der Waals surface area contributed by atoms with Crippen molar-refractivity contribution in [1.82, 2.24) is 4.90 Å². The van der Waals surface area contributed by atoms with Gasteiger partial charge in [0.1, 0.15) is 6.61 Å². The number of carbonyl (C=O) groups excluding carboxylic acids is 1. The molecule has 0 N–H and O–H groups in total. The van der Waals surface area contributed by atoms with Crippen LogP contribution in [0.15, 0.2) is 18.2 Å². The number of aryl methyl sites for hydroxylation is 2. The maximum absolute atomic E-state index is 11.8. The van der Waals surface area contributed by atoms with Crippen LogP contribution in [-0.2, 0) is 20.8 Å². The molecule has 0 saturated carbocycles. The van der Waals surface area contributed by atoms with Crippen LogP contribution in [0, 0.1) is 13.8 Å². The highest BCUT2D eigenvalue weighted by molar-refractivity contribution is 5.77. The van der Waals surface area contributed by atoms with Gasteiger partial charge in [0.2, 0.25) is 5.91 Å². The molecule has 1 aromatic carbocycles. The normalized spacial score (nSPS) is 10.5. The summed E-state index contributed by atoms with van der Waals surface area (Å²) < 4.78 is 10.1. The van der Waals surface area contributed by atoms with Gasteiger partial charge in [-0.25, -0.2) is 0 Å². The number of carbonyl (C=O) groups is 1. The third-order valence-electron chi connectivity index (χ3n) is 2.99. The molecule has 4 nitrogen and oxygen atoms in total. The Morgan fingerprint density at radius 2 is 2.00 bits per heavy atom. The predicted octanol–water partition coefficient (Wildman–Crippen LogP) is 1.92. The van der Waals surface area contributed by atoms with Crippen LogP contribution in [0.1, 0.15) is 16.7 Å². The molecule has 0 aliphatic rings. The van der Waals surface area contributed by atoms with Crippen molar-refractivity contribution < 1.29 is 14.3 Å². The minimum atomic E-state index is -0.0175. The predicted molar refractivity (Wildman–Crippen MR) is 75.1 cm³/mol. The zero-order chi connectivity index (χ0) is 14.3. The van der Waals surface area contributed by atoms with Crippen molar-refractivity contribution >= 4 is 5.91 Å². The molecule has 1 amide bonds. The SMILES string of the molecule is COCCOCC(=O)N(C)Cc1ccc(C)cc1C. The average Bonchev–Trinajstić information content (AvgIpc) is 2.37. The van der Waals surface area contributed by atoms with Gasteiger partial charge in [-0.05, 0) is 25.0 Å². The third kappa shape index (κ3) is 5.41. The fourth-order valence-corrected chi connectivity index (χ4v) is 1.78. The van der Waals surface area contributed by atoms with E-state index in [9.17, 15) is 4.79 Å². The Morgan fingerprint density at radius 1 is 1.26 bits per heavy atom. The van der Waals surface area contributed by atoms with E-state index < -0.39 is 0 Å². The fraction of sp³-hybridized carbons (Fsp3) is 0.533. The van der Waals surface area contributed by atoms with E-state index in [-0.39, 0.29) is 12.5 Å². The minimum absolute atomic E-state index is 0.0175. The molecule has 19 heavy (non-hydrogen) atoms. The van der Waals surface area contributed by atoms with Gasteiger partial charge in [0.25, 0.3) is 0 Å². The van der Waals surface area contributed by atoms with E-state index in [0.717, 1.165) is 0 Å². The van der Waals surface area contributed by atoms with Crippen LogP contribution >= 0.6 is 0 Å². The number of benzene rings is 1. The molecular weight excluding hydrogens is 242 g/mol. The van der Waals surface area contributed by atoms with Gasteiger partial charge in [-0.3, -0.25) is 4.79 Å². The van der Waals surface area contributed by atoms with Crippen molar-refractivity contribution in [3.8, 4) is 0 Å². The second kappa shape index (κ2) is 7.92. The van der Waals surface area contributed by atoms with Crippen molar-refractivity contribution in [1.29, 1.82) is 0 Å². The largest absolute Gasteiger partial charge is 0.382 e. The van der Waals surface area contributed by atoms with Crippen LogP contribution in [0.2, 0.25) is 0 Å². The molecule has 0 heterocycles. The van der Waals surface area contributed by atoms with Crippen LogP contribution < -0.4 is 0 Å². The van der Waals surface area contributed by atoms with Crippen molar-refractivity contribution in [3.63, 3.8) is 0 Å².